The highest BCUT2D eigenvalue weighted by Gasteiger charge is 2.09. The van der Waals surface area contributed by atoms with Crippen molar-refractivity contribution in [3.05, 3.63) is 73.5 Å². The lowest BCUT2D eigenvalue weighted by Crippen LogP contribution is -2.25. The number of ether oxygens (including phenoxy) is 1. The molecule has 0 radical (unpaired) electrons. The van der Waals surface area contributed by atoms with Crippen LogP contribution in [0.4, 0.5) is 0 Å². The minimum Gasteiger partial charge on any atom is -0.494 e. The number of aryl methyl sites for hydroxylation is 3. The van der Waals surface area contributed by atoms with Gasteiger partial charge in [-0.05, 0) is 55.7 Å². The number of hydrogen-bond donors (Lipinski definition) is 0. The van der Waals surface area contributed by atoms with Gasteiger partial charge in [-0.1, -0.05) is 23.7 Å². The van der Waals surface area contributed by atoms with Crippen molar-refractivity contribution in [3.8, 4) is 5.75 Å². The second kappa shape index (κ2) is 7.15. The molecule has 0 fully saturated rings. The first kappa shape index (κ1) is 17.3. The molecule has 0 aliphatic rings. The number of fused-ring (bicyclic) bond motifs is 1. The Morgan fingerprint density at radius 2 is 1.80 bits per heavy atom. The van der Waals surface area contributed by atoms with Gasteiger partial charge in [0.25, 0.3) is 0 Å². The van der Waals surface area contributed by atoms with Gasteiger partial charge in [-0.15, -0.1) is 0 Å². The van der Waals surface area contributed by atoms with Crippen molar-refractivity contribution >= 4 is 22.5 Å². The lowest BCUT2D eigenvalue weighted by molar-refractivity contribution is 0.296. The third kappa shape index (κ3) is 3.61. The van der Waals surface area contributed by atoms with Crippen LogP contribution < -0.4 is 16.1 Å². The van der Waals surface area contributed by atoms with Crippen LogP contribution in [0.1, 0.15) is 17.5 Å². The van der Waals surface area contributed by atoms with Crippen molar-refractivity contribution in [1.29, 1.82) is 0 Å². The fourth-order valence-corrected chi connectivity index (χ4v) is 2.89. The lowest BCUT2D eigenvalue weighted by atomic mass is 10.1. The number of para-hydroxylation sites is 1. The van der Waals surface area contributed by atoms with Gasteiger partial charge >= 0.3 is 11.4 Å². The van der Waals surface area contributed by atoms with E-state index in [-0.39, 0.29) is 0 Å². The number of rotatable bonds is 5. The summed E-state index contributed by atoms with van der Waals surface area (Å²) >= 11 is 6.15. The molecule has 0 amide bonds. The monoisotopic (exact) mass is 359 g/mol. The summed E-state index contributed by atoms with van der Waals surface area (Å²) in [7, 11) is 0. The van der Waals surface area contributed by atoms with Gasteiger partial charge in [-0.3, -0.25) is 4.57 Å². The normalized spacial score (nSPS) is 11.0. The SMILES string of the molecule is Cc1cc(OCCCn2c(=O)oc(=O)c3ccccc32)cc(C)c1Cl. The number of hydrogen-bond acceptors (Lipinski definition) is 4. The number of benzene rings is 2. The van der Waals surface area contributed by atoms with Crippen molar-refractivity contribution in [2.45, 2.75) is 26.8 Å². The second-order valence-electron chi connectivity index (χ2n) is 5.90. The van der Waals surface area contributed by atoms with E-state index < -0.39 is 11.4 Å². The van der Waals surface area contributed by atoms with Crippen LogP contribution in [0.25, 0.3) is 10.9 Å². The first-order valence-corrected chi connectivity index (χ1v) is 8.37. The van der Waals surface area contributed by atoms with E-state index in [1.165, 1.54) is 4.57 Å². The van der Waals surface area contributed by atoms with Crippen LogP contribution in [0.3, 0.4) is 0 Å². The molecule has 5 nitrogen and oxygen atoms in total. The Kier molecular flexibility index (Phi) is 4.95. The molecule has 0 spiro atoms. The molecule has 1 heterocycles. The maximum atomic E-state index is 12.0. The van der Waals surface area contributed by atoms with E-state index >= 15 is 0 Å². The topological polar surface area (TPSA) is 61.4 Å². The zero-order valence-electron chi connectivity index (χ0n) is 14.0. The van der Waals surface area contributed by atoms with E-state index in [1.54, 1.807) is 24.3 Å². The van der Waals surface area contributed by atoms with Crippen molar-refractivity contribution in [2.24, 2.45) is 0 Å². The predicted octanol–water partition coefficient (Wildman–Crippen LogP) is 3.69. The summed E-state index contributed by atoms with van der Waals surface area (Å²) in [5.41, 5.74) is 1.88. The van der Waals surface area contributed by atoms with E-state index in [1.807, 2.05) is 26.0 Å². The summed E-state index contributed by atoms with van der Waals surface area (Å²) in [5, 5.41) is 1.14. The molecule has 0 saturated heterocycles. The molecular formula is C19H18ClNO4. The second-order valence-corrected chi connectivity index (χ2v) is 6.28. The van der Waals surface area contributed by atoms with E-state index in [0.29, 0.717) is 30.5 Å². The zero-order valence-corrected chi connectivity index (χ0v) is 14.8. The molecule has 0 N–H and O–H groups in total. The van der Waals surface area contributed by atoms with Crippen LogP contribution in [-0.2, 0) is 6.54 Å². The Hall–Kier alpha value is -2.53. The van der Waals surface area contributed by atoms with Crippen LogP contribution in [0.15, 0.2) is 50.4 Å². The highest BCUT2D eigenvalue weighted by atomic mass is 35.5. The van der Waals surface area contributed by atoms with Crippen LogP contribution in [0, 0.1) is 13.8 Å². The summed E-state index contributed by atoms with van der Waals surface area (Å²) in [4.78, 5) is 23.7. The molecule has 1 aromatic heterocycles. The third-order valence-electron chi connectivity index (χ3n) is 4.02. The Balaban J connectivity index is 1.72. The predicted molar refractivity (Wildman–Crippen MR) is 97.8 cm³/mol. The minimum atomic E-state index is -0.651. The van der Waals surface area contributed by atoms with Gasteiger partial charge in [0.15, 0.2) is 0 Å². The molecule has 2 aromatic carbocycles. The lowest BCUT2D eigenvalue weighted by Gasteiger charge is -2.11. The van der Waals surface area contributed by atoms with Crippen molar-refractivity contribution in [1.82, 2.24) is 4.57 Å². The quantitative estimate of drug-likeness (QED) is 0.652. The minimum absolute atomic E-state index is 0.395. The molecule has 3 aromatic rings. The maximum Gasteiger partial charge on any atom is 0.422 e. The summed E-state index contributed by atoms with van der Waals surface area (Å²) < 4.78 is 12.0. The molecule has 0 bridgehead atoms. The van der Waals surface area contributed by atoms with Gasteiger partial charge in [0.2, 0.25) is 0 Å². The van der Waals surface area contributed by atoms with E-state index in [2.05, 4.69) is 0 Å². The maximum absolute atomic E-state index is 12.0. The van der Waals surface area contributed by atoms with Crippen LogP contribution in [0.5, 0.6) is 5.75 Å². The van der Waals surface area contributed by atoms with Crippen LogP contribution in [-0.4, -0.2) is 11.2 Å². The van der Waals surface area contributed by atoms with E-state index in [0.717, 1.165) is 21.9 Å². The molecule has 0 aliphatic heterocycles. The summed E-state index contributed by atoms with van der Waals surface area (Å²) in [6.07, 6.45) is 0.596. The Bertz CT molecular complexity index is 1010. The third-order valence-corrected chi connectivity index (χ3v) is 4.62. The summed E-state index contributed by atoms with van der Waals surface area (Å²) in [6.45, 7) is 4.69. The molecule has 130 valence electrons. The van der Waals surface area contributed by atoms with Gasteiger partial charge in [0.05, 0.1) is 17.5 Å². The number of nitrogens with zero attached hydrogens (tertiary/aromatic N) is 1. The first-order valence-electron chi connectivity index (χ1n) is 7.99. The largest absolute Gasteiger partial charge is 0.494 e. The van der Waals surface area contributed by atoms with Crippen LogP contribution >= 0.6 is 11.6 Å². The van der Waals surface area contributed by atoms with Gasteiger partial charge in [-0.25, -0.2) is 9.59 Å². The van der Waals surface area contributed by atoms with Crippen molar-refractivity contribution < 1.29 is 9.15 Å². The molecule has 25 heavy (non-hydrogen) atoms. The molecule has 0 saturated carbocycles. The Morgan fingerprint density at radius 3 is 2.52 bits per heavy atom. The average Bonchev–Trinajstić information content (AvgIpc) is 2.58. The van der Waals surface area contributed by atoms with Gasteiger partial charge in [0, 0.05) is 11.6 Å². The summed E-state index contributed by atoms with van der Waals surface area (Å²) in [5.74, 6) is 0.0954. The smallest absolute Gasteiger partial charge is 0.422 e. The molecule has 0 atom stereocenters. The standard InChI is InChI=1S/C19H18ClNO4/c1-12-10-14(11-13(2)17(12)20)24-9-5-8-21-16-7-4-3-6-15(16)18(22)25-19(21)23/h3-4,6-7,10-11H,5,8-9H2,1-2H3. The van der Waals surface area contributed by atoms with Crippen molar-refractivity contribution in [3.63, 3.8) is 0 Å². The highest BCUT2D eigenvalue weighted by Crippen LogP contribution is 2.25. The Morgan fingerprint density at radius 1 is 1.12 bits per heavy atom. The average molecular weight is 360 g/mol. The first-order chi connectivity index (χ1) is 12.0. The molecule has 6 heteroatoms. The fraction of sp³-hybridized carbons (Fsp3) is 0.263. The van der Waals surface area contributed by atoms with E-state index in [4.69, 9.17) is 20.8 Å². The number of halogens is 1. The van der Waals surface area contributed by atoms with Crippen LogP contribution in [0.2, 0.25) is 5.02 Å². The highest BCUT2D eigenvalue weighted by molar-refractivity contribution is 6.32. The Labute approximate surface area is 149 Å². The van der Waals surface area contributed by atoms with Gasteiger partial charge < -0.3 is 9.15 Å². The van der Waals surface area contributed by atoms with Crippen molar-refractivity contribution in [2.75, 3.05) is 6.61 Å². The zero-order chi connectivity index (χ0) is 18.0. The van der Waals surface area contributed by atoms with E-state index in [9.17, 15) is 9.59 Å². The van der Waals surface area contributed by atoms with Gasteiger partial charge in [0.1, 0.15) is 5.75 Å². The fourth-order valence-electron chi connectivity index (χ4n) is 2.78. The number of aromatic nitrogens is 1. The molecular weight excluding hydrogens is 342 g/mol. The summed E-state index contributed by atoms with van der Waals surface area (Å²) in [6, 6.07) is 10.7. The van der Waals surface area contributed by atoms with Gasteiger partial charge in [-0.2, -0.15) is 0 Å². The molecule has 3 rings (SSSR count). The molecule has 0 aliphatic carbocycles. The molecule has 0 unspecified atom stereocenters.